The third-order valence-corrected chi connectivity index (χ3v) is 6.67. The lowest BCUT2D eigenvalue weighted by Gasteiger charge is -2.17. The van der Waals surface area contributed by atoms with Gasteiger partial charge >= 0.3 is 5.69 Å². The van der Waals surface area contributed by atoms with Gasteiger partial charge in [0.05, 0.1) is 21.3 Å². The number of methoxy groups -OCH3 is 3. The summed E-state index contributed by atoms with van der Waals surface area (Å²) in [4.78, 5) is 30.4. The minimum absolute atomic E-state index is 0.0731. The van der Waals surface area contributed by atoms with E-state index in [2.05, 4.69) is 4.98 Å². The predicted molar refractivity (Wildman–Crippen MR) is 136 cm³/mol. The SMILES string of the molecule is CCCn1c(=O)c2c(nc(/C=C/c3cc(OC)c(OC)c(OC)c3S(N)(=O)=O)n2C)n(CCC)c1=O. The van der Waals surface area contributed by atoms with E-state index < -0.39 is 21.3 Å². The molecule has 0 atom stereocenters. The van der Waals surface area contributed by atoms with E-state index in [1.54, 1.807) is 11.6 Å². The molecule has 3 aromatic rings. The van der Waals surface area contributed by atoms with Crippen molar-refractivity contribution >= 4 is 33.3 Å². The van der Waals surface area contributed by atoms with E-state index >= 15 is 0 Å². The number of sulfonamides is 1. The Morgan fingerprint density at radius 3 is 2.11 bits per heavy atom. The minimum atomic E-state index is -4.25. The van der Waals surface area contributed by atoms with Crippen LogP contribution < -0.4 is 30.6 Å². The molecule has 0 spiro atoms. The van der Waals surface area contributed by atoms with Gasteiger partial charge in [-0.15, -0.1) is 0 Å². The van der Waals surface area contributed by atoms with Crippen molar-refractivity contribution in [2.24, 2.45) is 12.2 Å². The van der Waals surface area contributed by atoms with Crippen LogP contribution in [0.2, 0.25) is 0 Å². The number of rotatable bonds is 10. The van der Waals surface area contributed by atoms with Gasteiger partial charge in [-0.25, -0.2) is 23.3 Å². The lowest BCUT2D eigenvalue weighted by Crippen LogP contribution is -2.40. The number of hydrogen-bond donors (Lipinski definition) is 1. The molecule has 2 aromatic heterocycles. The zero-order valence-corrected chi connectivity index (χ0v) is 22.0. The molecule has 0 fully saturated rings. The molecular formula is C23H31N5O7S. The number of ether oxygens (including phenoxy) is 3. The largest absolute Gasteiger partial charge is 0.493 e. The van der Waals surface area contributed by atoms with Gasteiger partial charge in [0.15, 0.2) is 22.7 Å². The van der Waals surface area contributed by atoms with Gasteiger partial charge in [0.1, 0.15) is 10.7 Å². The summed E-state index contributed by atoms with van der Waals surface area (Å²) >= 11 is 0. The second kappa shape index (κ2) is 10.6. The molecule has 2 N–H and O–H groups in total. The van der Waals surface area contributed by atoms with E-state index in [4.69, 9.17) is 19.3 Å². The summed E-state index contributed by atoms with van der Waals surface area (Å²) in [5.41, 5.74) is -0.151. The molecule has 0 aliphatic carbocycles. The van der Waals surface area contributed by atoms with Crippen LogP contribution in [0.5, 0.6) is 17.2 Å². The standard InChI is InChI=1S/C23H31N5O7S/c1-7-11-27-21-17(22(29)28(12-8-2)23(27)30)26(3)16(25-21)10-9-14-13-15(33-4)18(34-5)19(35-6)20(14)36(24,31)32/h9-10,13H,7-8,11-12H2,1-6H3,(H2,24,31,32)/b10-9+. The van der Waals surface area contributed by atoms with Crippen molar-refractivity contribution in [2.45, 2.75) is 44.7 Å². The average molecular weight is 522 g/mol. The molecular weight excluding hydrogens is 490 g/mol. The van der Waals surface area contributed by atoms with Crippen molar-refractivity contribution in [3.63, 3.8) is 0 Å². The van der Waals surface area contributed by atoms with Crippen molar-refractivity contribution < 1.29 is 22.6 Å². The van der Waals surface area contributed by atoms with Crippen LogP contribution >= 0.6 is 0 Å². The first-order chi connectivity index (χ1) is 17.0. The van der Waals surface area contributed by atoms with Crippen LogP contribution in [-0.2, 0) is 30.2 Å². The molecule has 2 heterocycles. The molecule has 196 valence electrons. The molecule has 13 heteroatoms. The molecule has 0 aliphatic rings. The monoisotopic (exact) mass is 521 g/mol. The van der Waals surface area contributed by atoms with Crippen molar-refractivity contribution in [1.29, 1.82) is 0 Å². The summed E-state index contributed by atoms with van der Waals surface area (Å²) in [5, 5.41) is 5.50. The molecule has 0 amide bonds. The van der Waals surface area contributed by atoms with Crippen LogP contribution in [0, 0.1) is 0 Å². The number of benzene rings is 1. The number of nitrogens with two attached hydrogens (primary N) is 1. The normalized spacial score (nSPS) is 12.0. The number of nitrogens with zero attached hydrogens (tertiary/aromatic N) is 4. The number of aromatic nitrogens is 4. The van der Waals surface area contributed by atoms with Crippen LogP contribution in [-0.4, -0.2) is 48.4 Å². The lowest BCUT2D eigenvalue weighted by molar-refractivity contribution is 0.318. The van der Waals surface area contributed by atoms with Gasteiger partial charge in [0, 0.05) is 25.7 Å². The van der Waals surface area contributed by atoms with Crippen molar-refractivity contribution in [3.8, 4) is 17.2 Å². The summed E-state index contributed by atoms with van der Waals surface area (Å²) < 4.78 is 45.2. The predicted octanol–water partition coefficient (Wildman–Crippen LogP) is 1.56. The summed E-state index contributed by atoms with van der Waals surface area (Å²) in [6.07, 6.45) is 4.29. The first-order valence-corrected chi connectivity index (χ1v) is 12.8. The molecule has 0 bridgehead atoms. The van der Waals surface area contributed by atoms with Gasteiger partial charge in [0.25, 0.3) is 5.56 Å². The summed E-state index contributed by atoms with van der Waals surface area (Å²) in [6.45, 7) is 4.49. The summed E-state index contributed by atoms with van der Waals surface area (Å²) in [7, 11) is 1.45. The van der Waals surface area contributed by atoms with Gasteiger partial charge in [-0.05, 0) is 31.1 Å². The van der Waals surface area contributed by atoms with Crippen molar-refractivity contribution in [1.82, 2.24) is 18.7 Å². The molecule has 36 heavy (non-hydrogen) atoms. The smallest absolute Gasteiger partial charge is 0.332 e. The van der Waals surface area contributed by atoms with Gasteiger partial charge in [-0.2, -0.15) is 0 Å². The second-order valence-corrected chi connectivity index (χ2v) is 9.53. The van der Waals surface area contributed by atoms with Crippen LogP contribution in [0.1, 0.15) is 38.1 Å². The zero-order valence-electron chi connectivity index (χ0n) is 21.2. The molecule has 0 unspecified atom stereocenters. The Hall–Kier alpha value is -3.58. The van der Waals surface area contributed by atoms with E-state index in [1.807, 2.05) is 13.8 Å². The molecule has 12 nitrogen and oxygen atoms in total. The highest BCUT2D eigenvalue weighted by Crippen LogP contribution is 2.44. The third-order valence-electron chi connectivity index (χ3n) is 5.68. The van der Waals surface area contributed by atoms with E-state index in [9.17, 15) is 18.0 Å². The molecule has 0 saturated heterocycles. The molecule has 1 aromatic carbocycles. The highest BCUT2D eigenvalue weighted by atomic mass is 32.2. The number of aryl methyl sites for hydroxylation is 2. The van der Waals surface area contributed by atoms with Crippen LogP contribution in [0.25, 0.3) is 23.3 Å². The zero-order chi connectivity index (χ0) is 26.8. The Bertz CT molecular complexity index is 1550. The fourth-order valence-corrected chi connectivity index (χ4v) is 4.99. The number of imidazole rings is 1. The fraction of sp³-hybridized carbons (Fsp3) is 0.435. The second-order valence-electron chi connectivity index (χ2n) is 8.03. The Morgan fingerprint density at radius 1 is 0.972 bits per heavy atom. The Morgan fingerprint density at radius 2 is 1.58 bits per heavy atom. The Labute approximate surface area is 208 Å². The summed E-state index contributed by atoms with van der Waals surface area (Å²) in [6, 6.07) is 1.45. The van der Waals surface area contributed by atoms with E-state index in [-0.39, 0.29) is 45.4 Å². The van der Waals surface area contributed by atoms with E-state index in [0.29, 0.717) is 25.2 Å². The van der Waals surface area contributed by atoms with E-state index in [1.165, 1.54) is 48.7 Å². The van der Waals surface area contributed by atoms with Crippen LogP contribution in [0.15, 0.2) is 20.6 Å². The number of primary sulfonamides is 1. The van der Waals surface area contributed by atoms with Gasteiger partial charge < -0.3 is 18.8 Å². The maximum Gasteiger partial charge on any atom is 0.332 e. The topological polar surface area (TPSA) is 150 Å². The summed E-state index contributed by atoms with van der Waals surface area (Å²) in [5.74, 6) is 0.521. The lowest BCUT2D eigenvalue weighted by atomic mass is 10.1. The Balaban J connectivity index is 2.32. The van der Waals surface area contributed by atoms with Crippen LogP contribution in [0.3, 0.4) is 0 Å². The van der Waals surface area contributed by atoms with Gasteiger partial charge in [-0.3, -0.25) is 13.9 Å². The van der Waals surface area contributed by atoms with Crippen molar-refractivity contribution in [3.05, 3.63) is 38.3 Å². The van der Waals surface area contributed by atoms with E-state index in [0.717, 1.165) is 0 Å². The fourth-order valence-electron chi connectivity index (χ4n) is 4.10. The van der Waals surface area contributed by atoms with Crippen LogP contribution in [0.4, 0.5) is 0 Å². The molecule has 0 saturated carbocycles. The quantitative estimate of drug-likeness (QED) is 0.422. The maximum atomic E-state index is 13.1. The van der Waals surface area contributed by atoms with Crippen molar-refractivity contribution in [2.75, 3.05) is 21.3 Å². The van der Waals surface area contributed by atoms with Gasteiger partial charge in [0.2, 0.25) is 15.8 Å². The Kier molecular flexibility index (Phi) is 7.94. The average Bonchev–Trinajstić information content (AvgIpc) is 3.17. The molecule has 3 rings (SSSR count). The highest BCUT2D eigenvalue weighted by molar-refractivity contribution is 7.89. The maximum absolute atomic E-state index is 13.1. The number of hydrogen-bond acceptors (Lipinski definition) is 8. The molecule has 0 radical (unpaired) electrons. The van der Waals surface area contributed by atoms with Gasteiger partial charge in [-0.1, -0.05) is 13.8 Å². The first-order valence-electron chi connectivity index (χ1n) is 11.3. The first kappa shape index (κ1) is 27.0. The minimum Gasteiger partial charge on any atom is -0.493 e. The highest BCUT2D eigenvalue weighted by Gasteiger charge is 2.27. The molecule has 0 aliphatic heterocycles. The third kappa shape index (κ3) is 4.63. The number of fused-ring (bicyclic) bond motifs is 1.